The maximum atomic E-state index is 13.4. The number of likely N-dealkylation sites (tertiary alicyclic amines) is 2. The molecule has 1 atom stereocenters. The Bertz CT molecular complexity index is 1310. The third-order valence-corrected chi connectivity index (χ3v) is 6.86. The molecule has 1 aromatic heterocycles. The summed E-state index contributed by atoms with van der Waals surface area (Å²) >= 11 is 0. The molecule has 2 aromatic rings. The van der Waals surface area contributed by atoms with Crippen molar-refractivity contribution in [1.82, 2.24) is 14.7 Å². The molecule has 2 saturated heterocycles. The summed E-state index contributed by atoms with van der Waals surface area (Å²) in [5.74, 6) is -0.421. The van der Waals surface area contributed by atoms with Crippen molar-refractivity contribution >= 4 is 40.6 Å². The van der Waals surface area contributed by atoms with E-state index in [-0.39, 0.29) is 29.8 Å². The van der Waals surface area contributed by atoms with Gasteiger partial charge in [-0.05, 0) is 56.9 Å². The van der Waals surface area contributed by atoms with Crippen molar-refractivity contribution in [1.29, 1.82) is 5.26 Å². The van der Waals surface area contributed by atoms with Gasteiger partial charge in [0.15, 0.2) is 11.4 Å². The van der Waals surface area contributed by atoms with Gasteiger partial charge >= 0.3 is 0 Å². The number of benzene rings is 1. The fourth-order valence-electron chi connectivity index (χ4n) is 4.80. The molecule has 2 aliphatic heterocycles. The number of nitriles is 1. The second-order valence-electron chi connectivity index (χ2n) is 10.00. The Morgan fingerprint density at radius 3 is 2.63 bits per heavy atom. The summed E-state index contributed by atoms with van der Waals surface area (Å²) in [6.07, 6.45) is 5.69. The highest BCUT2D eigenvalue weighted by atomic mass is 16.3. The van der Waals surface area contributed by atoms with Gasteiger partial charge < -0.3 is 24.4 Å². The van der Waals surface area contributed by atoms with Crippen LogP contribution >= 0.6 is 0 Å². The fraction of sp³-hybridized carbons (Fsp3) is 0.464. The number of amides is 3. The largest absolute Gasteiger partial charge is 0.461 e. The number of fused-ring (bicyclic) bond motifs is 1. The summed E-state index contributed by atoms with van der Waals surface area (Å²) < 4.78 is 5.63. The Morgan fingerprint density at radius 1 is 1.18 bits per heavy atom. The summed E-state index contributed by atoms with van der Waals surface area (Å²) in [6.45, 7) is 3.93. The lowest BCUT2D eigenvalue weighted by molar-refractivity contribution is -0.140. The summed E-state index contributed by atoms with van der Waals surface area (Å²) in [5.41, 5.74) is 1.17. The molecule has 1 aromatic carbocycles. The molecule has 200 valence electrons. The van der Waals surface area contributed by atoms with Crippen LogP contribution in [0.4, 0.5) is 5.69 Å². The van der Waals surface area contributed by atoms with Crippen molar-refractivity contribution in [3.63, 3.8) is 0 Å². The molecule has 4 rings (SSSR count). The van der Waals surface area contributed by atoms with E-state index in [0.717, 1.165) is 55.5 Å². The number of anilines is 1. The molecule has 1 unspecified atom stereocenters. The highest BCUT2D eigenvalue weighted by molar-refractivity contribution is 6.00. The van der Waals surface area contributed by atoms with Crippen LogP contribution in [0.3, 0.4) is 0 Å². The van der Waals surface area contributed by atoms with E-state index < -0.39 is 11.8 Å². The van der Waals surface area contributed by atoms with Crippen molar-refractivity contribution in [3.8, 4) is 6.07 Å². The zero-order valence-corrected chi connectivity index (χ0v) is 22.2. The number of likely N-dealkylation sites (N-methyl/N-ethyl adjacent to an activating group) is 1. The Labute approximate surface area is 222 Å². The Kier molecular flexibility index (Phi) is 8.46. The van der Waals surface area contributed by atoms with E-state index in [4.69, 9.17) is 4.42 Å². The second kappa shape index (κ2) is 11.9. The van der Waals surface area contributed by atoms with Gasteiger partial charge in [-0.15, -0.1) is 0 Å². The van der Waals surface area contributed by atoms with E-state index in [1.54, 1.807) is 31.1 Å². The predicted octanol–water partition coefficient (Wildman–Crippen LogP) is 3.30. The highest BCUT2D eigenvalue weighted by Gasteiger charge is 2.29. The van der Waals surface area contributed by atoms with Gasteiger partial charge in [-0.1, -0.05) is 6.42 Å². The lowest BCUT2D eigenvalue weighted by Gasteiger charge is -2.25. The maximum Gasteiger partial charge on any atom is 0.267 e. The fourth-order valence-corrected chi connectivity index (χ4v) is 4.80. The molecule has 2 fully saturated rings. The summed E-state index contributed by atoms with van der Waals surface area (Å²) in [4.78, 5) is 48.1. The summed E-state index contributed by atoms with van der Waals surface area (Å²) in [5, 5.41) is 13.8. The number of carbonyl (C=O) groups is 3. The van der Waals surface area contributed by atoms with Crippen molar-refractivity contribution < 1.29 is 18.8 Å². The zero-order valence-electron chi connectivity index (χ0n) is 22.2. The van der Waals surface area contributed by atoms with Crippen LogP contribution < -0.4 is 5.32 Å². The van der Waals surface area contributed by atoms with E-state index in [9.17, 15) is 19.6 Å². The van der Waals surface area contributed by atoms with Crippen molar-refractivity contribution in [2.45, 2.75) is 39.0 Å². The first kappa shape index (κ1) is 26.9. The first-order valence-electron chi connectivity index (χ1n) is 13.0. The molecule has 0 spiro atoms. The SMILES string of the molecule is Cc1cc2cc(NC(/N=C\C3CCCCN(CC(=O)N4CCCC4)C3=O)=C(\C#N)C(=O)N(C)C)ccc2o1. The molecule has 10 nitrogen and oxygen atoms in total. The standard InChI is InChI=1S/C28H34N6O4/c1-19-14-21-15-22(9-10-24(21)38-19)31-26(23(16-29)28(37)32(2)3)30-17-20-8-4-5-13-34(27(20)36)18-25(35)33-11-6-7-12-33/h9-10,14-15,17,20,31H,4-8,11-13,18H2,1-3H3/b26-23+,30-17-. The molecular weight excluding hydrogens is 484 g/mol. The third-order valence-electron chi connectivity index (χ3n) is 6.86. The first-order valence-corrected chi connectivity index (χ1v) is 13.0. The van der Waals surface area contributed by atoms with Crippen LogP contribution in [0.5, 0.6) is 0 Å². The number of furan rings is 1. The summed E-state index contributed by atoms with van der Waals surface area (Å²) in [7, 11) is 3.12. The molecule has 3 amide bonds. The normalized spacial score (nSPS) is 18.9. The topological polar surface area (TPSA) is 122 Å². The van der Waals surface area contributed by atoms with E-state index in [1.807, 2.05) is 30.0 Å². The van der Waals surface area contributed by atoms with Crippen LogP contribution in [0, 0.1) is 24.2 Å². The maximum absolute atomic E-state index is 13.4. The van der Waals surface area contributed by atoms with Crippen LogP contribution in [0.25, 0.3) is 11.0 Å². The predicted molar refractivity (Wildman–Crippen MR) is 144 cm³/mol. The van der Waals surface area contributed by atoms with Gasteiger partial charge in [0, 0.05) is 51.0 Å². The second-order valence-corrected chi connectivity index (χ2v) is 10.00. The number of aliphatic imine (C=N–C) groups is 1. The number of aryl methyl sites for hydroxylation is 1. The number of hydrogen-bond acceptors (Lipinski definition) is 7. The van der Waals surface area contributed by atoms with Crippen molar-refractivity contribution in [2.75, 3.05) is 45.6 Å². The highest BCUT2D eigenvalue weighted by Crippen LogP contribution is 2.25. The van der Waals surface area contributed by atoms with E-state index >= 15 is 0 Å². The van der Waals surface area contributed by atoms with Gasteiger partial charge in [-0.2, -0.15) is 5.26 Å². The van der Waals surface area contributed by atoms with Gasteiger partial charge in [-0.3, -0.25) is 14.4 Å². The molecule has 3 heterocycles. The van der Waals surface area contributed by atoms with Crippen LogP contribution in [-0.2, 0) is 14.4 Å². The minimum atomic E-state index is -0.561. The molecule has 10 heteroatoms. The number of carbonyl (C=O) groups excluding carboxylic acids is 3. The minimum absolute atomic E-state index is 0.0242. The molecule has 1 N–H and O–H groups in total. The van der Waals surface area contributed by atoms with Crippen LogP contribution in [0.15, 0.2) is 45.1 Å². The summed E-state index contributed by atoms with van der Waals surface area (Å²) in [6, 6.07) is 9.29. The molecule has 2 aliphatic rings. The number of hydrogen-bond donors (Lipinski definition) is 1. The van der Waals surface area contributed by atoms with Crippen LogP contribution in [0.1, 0.15) is 37.9 Å². The average Bonchev–Trinajstić information content (AvgIpc) is 3.52. The number of nitrogens with zero attached hydrogens (tertiary/aromatic N) is 5. The number of rotatable bonds is 7. The van der Waals surface area contributed by atoms with Gasteiger partial charge in [0.05, 0.1) is 12.5 Å². The Hall–Kier alpha value is -4.13. The lowest BCUT2D eigenvalue weighted by atomic mass is 10.0. The van der Waals surface area contributed by atoms with Crippen LogP contribution in [0.2, 0.25) is 0 Å². The average molecular weight is 519 g/mol. The van der Waals surface area contributed by atoms with Gasteiger partial charge in [0.2, 0.25) is 11.8 Å². The van der Waals surface area contributed by atoms with E-state index in [1.165, 1.54) is 11.1 Å². The van der Waals surface area contributed by atoms with Crippen molar-refractivity contribution in [2.24, 2.45) is 10.9 Å². The zero-order chi connectivity index (χ0) is 27.2. The first-order chi connectivity index (χ1) is 18.3. The third kappa shape index (κ3) is 6.22. The molecular formula is C28H34N6O4. The monoisotopic (exact) mass is 518 g/mol. The Balaban J connectivity index is 1.59. The molecule has 38 heavy (non-hydrogen) atoms. The molecule has 0 aliphatic carbocycles. The number of nitrogens with one attached hydrogen (secondary N) is 1. The van der Waals surface area contributed by atoms with Gasteiger partial charge in [0.1, 0.15) is 17.4 Å². The smallest absolute Gasteiger partial charge is 0.267 e. The lowest BCUT2D eigenvalue weighted by Crippen LogP contribution is -2.43. The minimum Gasteiger partial charge on any atom is -0.461 e. The van der Waals surface area contributed by atoms with E-state index in [2.05, 4.69) is 10.3 Å². The van der Waals surface area contributed by atoms with Crippen molar-refractivity contribution in [3.05, 3.63) is 41.4 Å². The molecule has 0 bridgehead atoms. The van der Waals surface area contributed by atoms with Gasteiger partial charge in [0.25, 0.3) is 5.91 Å². The quantitative estimate of drug-likeness (QED) is 0.341. The van der Waals surface area contributed by atoms with Crippen LogP contribution in [-0.4, -0.2) is 78.9 Å². The molecule has 0 radical (unpaired) electrons. The Morgan fingerprint density at radius 2 is 1.92 bits per heavy atom. The van der Waals surface area contributed by atoms with Gasteiger partial charge in [-0.25, -0.2) is 4.99 Å². The van der Waals surface area contributed by atoms with E-state index in [0.29, 0.717) is 18.7 Å². The molecule has 0 saturated carbocycles.